The van der Waals surface area contributed by atoms with Crippen LogP contribution in [0.2, 0.25) is 5.02 Å². The van der Waals surface area contributed by atoms with E-state index in [9.17, 15) is 8.42 Å². The van der Waals surface area contributed by atoms with Crippen molar-refractivity contribution in [1.82, 2.24) is 0 Å². The first-order valence-electron chi connectivity index (χ1n) is 3.78. The van der Waals surface area contributed by atoms with Gasteiger partial charge in [-0.15, -0.1) is 11.6 Å². The van der Waals surface area contributed by atoms with Crippen LogP contribution in [0.3, 0.4) is 0 Å². The van der Waals surface area contributed by atoms with E-state index in [1.54, 1.807) is 0 Å². The Balaban J connectivity index is 3.29. The van der Waals surface area contributed by atoms with Gasteiger partial charge in [-0.1, -0.05) is 11.6 Å². The summed E-state index contributed by atoms with van der Waals surface area (Å²) >= 11 is 11.2. The van der Waals surface area contributed by atoms with Crippen molar-refractivity contribution in [2.24, 2.45) is 0 Å². The second kappa shape index (κ2) is 3.96. The molecule has 0 aliphatic rings. The molecule has 0 radical (unpaired) electrons. The van der Waals surface area contributed by atoms with Gasteiger partial charge in [-0.05, 0) is 25.1 Å². The number of sulfone groups is 1. The highest BCUT2D eigenvalue weighted by Crippen LogP contribution is 2.25. The fourth-order valence-electron chi connectivity index (χ4n) is 0.886. The molecule has 0 saturated carbocycles. The molecule has 0 aliphatic carbocycles. The summed E-state index contributed by atoms with van der Waals surface area (Å²) in [4.78, 5) is 0.0851. The zero-order chi connectivity index (χ0) is 10.9. The number of anilines is 1. The molecule has 0 amide bonds. The molecule has 2 N–H and O–H groups in total. The van der Waals surface area contributed by atoms with Crippen LogP contribution in [0.5, 0.6) is 0 Å². The molecule has 0 aromatic heterocycles. The van der Waals surface area contributed by atoms with Crippen LogP contribution in [0.25, 0.3) is 0 Å². The van der Waals surface area contributed by atoms with E-state index < -0.39 is 14.5 Å². The summed E-state index contributed by atoms with van der Waals surface area (Å²) in [6.07, 6.45) is 0. The molecular formula is C8H9Cl2NO2S. The van der Waals surface area contributed by atoms with Crippen molar-refractivity contribution < 1.29 is 8.42 Å². The smallest absolute Gasteiger partial charge is 0.194 e. The Morgan fingerprint density at radius 2 is 2.00 bits per heavy atom. The van der Waals surface area contributed by atoms with Crippen molar-refractivity contribution in [2.45, 2.75) is 16.5 Å². The molecule has 0 saturated heterocycles. The van der Waals surface area contributed by atoms with Crippen molar-refractivity contribution in [2.75, 3.05) is 5.73 Å². The van der Waals surface area contributed by atoms with E-state index in [-0.39, 0.29) is 10.6 Å². The first-order chi connectivity index (χ1) is 6.35. The van der Waals surface area contributed by atoms with Gasteiger partial charge in [-0.3, -0.25) is 0 Å². The number of hydrogen-bond donors (Lipinski definition) is 1. The predicted molar refractivity (Wildman–Crippen MR) is 58.4 cm³/mol. The van der Waals surface area contributed by atoms with Crippen LogP contribution < -0.4 is 5.73 Å². The lowest BCUT2D eigenvalue weighted by atomic mass is 10.3. The van der Waals surface area contributed by atoms with Gasteiger partial charge in [-0.2, -0.15) is 0 Å². The summed E-state index contributed by atoms with van der Waals surface area (Å²) in [6, 6.07) is 4.12. The third-order valence-electron chi connectivity index (χ3n) is 1.72. The highest BCUT2D eigenvalue weighted by Gasteiger charge is 2.21. The Morgan fingerprint density at radius 3 is 2.43 bits per heavy atom. The molecule has 1 rings (SSSR count). The Morgan fingerprint density at radius 1 is 1.43 bits per heavy atom. The van der Waals surface area contributed by atoms with Crippen molar-refractivity contribution >= 4 is 38.7 Å². The monoisotopic (exact) mass is 253 g/mol. The Kier molecular flexibility index (Phi) is 3.29. The van der Waals surface area contributed by atoms with E-state index in [1.807, 2.05) is 0 Å². The minimum absolute atomic E-state index is 0.0851. The summed E-state index contributed by atoms with van der Waals surface area (Å²) < 4.78 is 22.1. The highest BCUT2D eigenvalue weighted by molar-refractivity contribution is 7.93. The minimum atomic E-state index is -3.49. The molecule has 0 bridgehead atoms. The van der Waals surface area contributed by atoms with Gasteiger partial charge in [0.05, 0.1) is 15.6 Å². The van der Waals surface area contributed by atoms with Gasteiger partial charge < -0.3 is 5.73 Å². The molecule has 3 nitrogen and oxygen atoms in total. The van der Waals surface area contributed by atoms with Gasteiger partial charge in [0, 0.05) is 0 Å². The maximum absolute atomic E-state index is 11.6. The van der Waals surface area contributed by atoms with Gasteiger partial charge in [0.1, 0.15) is 4.71 Å². The van der Waals surface area contributed by atoms with Crippen molar-refractivity contribution in [3.63, 3.8) is 0 Å². The average molecular weight is 254 g/mol. The van der Waals surface area contributed by atoms with E-state index in [1.165, 1.54) is 25.1 Å². The van der Waals surface area contributed by atoms with Crippen LogP contribution in [-0.4, -0.2) is 13.1 Å². The number of halogens is 2. The topological polar surface area (TPSA) is 60.2 Å². The fraction of sp³-hybridized carbons (Fsp3) is 0.250. The van der Waals surface area contributed by atoms with Gasteiger partial charge >= 0.3 is 0 Å². The third-order valence-corrected chi connectivity index (χ3v) is 4.54. The minimum Gasteiger partial charge on any atom is -0.397 e. The molecule has 78 valence electrons. The summed E-state index contributed by atoms with van der Waals surface area (Å²) in [7, 11) is -3.49. The Labute approximate surface area is 92.7 Å². The van der Waals surface area contributed by atoms with Crippen LogP contribution in [0.4, 0.5) is 5.69 Å². The SMILES string of the molecule is CC(Cl)S(=O)(=O)c1ccc(Cl)c(N)c1. The second-order valence-electron chi connectivity index (χ2n) is 2.77. The lowest BCUT2D eigenvalue weighted by molar-refractivity contribution is 0.594. The first-order valence-corrected chi connectivity index (χ1v) is 6.15. The number of hydrogen-bond acceptors (Lipinski definition) is 3. The van der Waals surface area contributed by atoms with E-state index in [0.29, 0.717) is 5.02 Å². The largest absolute Gasteiger partial charge is 0.397 e. The van der Waals surface area contributed by atoms with E-state index in [4.69, 9.17) is 28.9 Å². The second-order valence-corrected chi connectivity index (χ2v) is 6.36. The molecule has 0 spiro atoms. The molecular weight excluding hydrogens is 245 g/mol. The summed E-state index contributed by atoms with van der Waals surface area (Å²) in [6.45, 7) is 1.39. The maximum atomic E-state index is 11.6. The first kappa shape index (κ1) is 11.6. The van der Waals surface area contributed by atoms with Crippen LogP contribution in [0.1, 0.15) is 6.92 Å². The quantitative estimate of drug-likeness (QED) is 0.650. The molecule has 1 unspecified atom stereocenters. The molecule has 1 aromatic rings. The van der Waals surface area contributed by atoms with Crippen LogP contribution >= 0.6 is 23.2 Å². The molecule has 1 atom stereocenters. The van der Waals surface area contributed by atoms with Crippen molar-refractivity contribution in [1.29, 1.82) is 0 Å². The summed E-state index contributed by atoms with van der Waals surface area (Å²) in [5.41, 5.74) is 5.70. The van der Waals surface area contributed by atoms with Gasteiger partial charge in [0.25, 0.3) is 0 Å². The summed E-state index contributed by atoms with van der Waals surface area (Å²) in [5, 5.41) is 0.325. The van der Waals surface area contributed by atoms with E-state index >= 15 is 0 Å². The normalized spacial score (nSPS) is 13.9. The number of rotatable bonds is 2. The van der Waals surface area contributed by atoms with Crippen LogP contribution in [0, 0.1) is 0 Å². The molecule has 0 fully saturated rings. The molecule has 14 heavy (non-hydrogen) atoms. The standard InChI is InChI=1S/C8H9Cl2NO2S/c1-5(9)14(12,13)6-2-3-7(10)8(11)4-6/h2-5H,11H2,1H3. The maximum Gasteiger partial charge on any atom is 0.194 e. The van der Waals surface area contributed by atoms with E-state index in [2.05, 4.69) is 0 Å². The number of nitrogen functional groups attached to an aromatic ring is 1. The lowest BCUT2D eigenvalue weighted by Crippen LogP contribution is -2.11. The zero-order valence-corrected chi connectivity index (χ0v) is 9.70. The van der Waals surface area contributed by atoms with E-state index in [0.717, 1.165) is 0 Å². The molecule has 1 aromatic carbocycles. The number of nitrogens with two attached hydrogens (primary N) is 1. The van der Waals surface area contributed by atoms with Gasteiger partial charge in [0.15, 0.2) is 9.84 Å². The molecule has 0 aliphatic heterocycles. The zero-order valence-electron chi connectivity index (χ0n) is 7.37. The predicted octanol–water partition coefficient (Wildman–Crippen LogP) is 2.28. The van der Waals surface area contributed by atoms with Crippen LogP contribution in [0.15, 0.2) is 23.1 Å². The number of alkyl halides is 1. The lowest BCUT2D eigenvalue weighted by Gasteiger charge is -2.07. The molecule has 6 heteroatoms. The Bertz CT molecular complexity index is 443. The highest BCUT2D eigenvalue weighted by atomic mass is 35.5. The van der Waals surface area contributed by atoms with Gasteiger partial charge in [-0.25, -0.2) is 8.42 Å². The van der Waals surface area contributed by atoms with Crippen molar-refractivity contribution in [3.8, 4) is 0 Å². The van der Waals surface area contributed by atoms with Gasteiger partial charge in [0.2, 0.25) is 0 Å². The third kappa shape index (κ3) is 2.13. The van der Waals surface area contributed by atoms with Crippen LogP contribution in [-0.2, 0) is 9.84 Å². The van der Waals surface area contributed by atoms with Crippen molar-refractivity contribution in [3.05, 3.63) is 23.2 Å². The Hall–Kier alpha value is -0.450. The number of benzene rings is 1. The fourth-order valence-corrected chi connectivity index (χ4v) is 2.24. The average Bonchev–Trinajstić information content (AvgIpc) is 2.09. The summed E-state index contributed by atoms with van der Waals surface area (Å²) in [5.74, 6) is 0. The molecule has 0 heterocycles.